The Hall–Kier alpha value is -3.15. The van der Waals surface area contributed by atoms with Gasteiger partial charge in [-0.1, -0.05) is 6.07 Å². The van der Waals surface area contributed by atoms with Crippen molar-refractivity contribution in [1.29, 1.82) is 0 Å². The summed E-state index contributed by atoms with van der Waals surface area (Å²) in [4.78, 5) is 24.7. The van der Waals surface area contributed by atoms with Crippen molar-refractivity contribution in [2.75, 3.05) is 0 Å². The van der Waals surface area contributed by atoms with Gasteiger partial charge in [-0.2, -0.15) is 0 Å². The Balaban J connectivity index is 1.80. The van der Waals surface area contributed by atoms with Crippen LogP contribution < -0.4 is 4.74 Å². The molecule has 25 heavy (non-hydrogen) atoms. The van der Waals surface area contributed by atoms with Crippen molar-refractivity contribution < 1.29 is 13.9 Å². The molecule has 0 aliphatic carbocycles. The first-order chi connectivity index (χ1) is 12.0. The van der Waals surface area contributed by atoms with Gasteiger partial charge in [0.1, 0.15) is 23.0 Å². The third-order valence-electron chi connectivity index (χ3n) is 3.44. The van der Waals surface area contributed by atoms with E-state index in [1.165, 1.54) is 18.3 Å². The second-order valence-corrected chi connectivity index (χ2v) is 5.70. The van der Waals surface area contributed by atoms with Crippen LogP contribution in [0.25, 0.3) is 0 Å². The number of Topliss-reactive ketones (excluding diaryl/α,β-unsaturated/α-hetero) is 1. The molecule has 3 heterocycles. The minimum atomic E-state index is -0.495. The predicted molar refractivity (Wildman–Crippen MR) is 90.3 cm³/mol. The van der Waals surface area contributed by atoms with Crippen LogP contribution in [0, 0.1) is 19.7 Å². The van der Waals surface area contributed by atoms with Gasteiger partial charge in [-0.25, -0.2) is 9.37 Å². The SMILES string of the molecule is Cc1ccc(CC(=O)c2cc(Oc3cncc(F)c3)cc(C)n2)nc1. The number of hydrogen-bond donors (Lipinski definition) is 0. The van der Waals surface area contributed by atoms with Crippen LogP contribution >= 0.6 is 0 Å². The molecule has 0 atom stereocenters. The van der Waals surface area contributed by atoms with Crippen molar-refractivity contribution in [3.63, 3.8) is 0 Å². The van der Waals surface area contributed by atoms with Gasteiger partial charge in [-0.15, -0.1) is 0 Å². The Morgan fingerprint density at radius 1 is 1.08 bits per heavy atom. The number of nitrogens with zero attached hydrogens (tertiary/aromatic N) is 3. The molecule has 0 unspecified atom stereocenters. The molecule has 0 radical (unpaired) electrons. The Labute approximate surface area is 144 Å². The average molecular weight is 337 g/mol. The first-order valence-electron chi connectivity index (χ1n) is 7.71. The van der Waals surface area contributed by atoms with Gasteiger partial charge in [-0.3, -0.25) is 14.8 Å². The number of ketones is 1. The van der Waals surface area contributed by atoms with Crippen molar-refractivity contribution >= 4 is 5.78 Å². The molecule has 3 aromatic rings. The fourth-order valence-corrected chi connectivity index (χ4v) is 2.28. The standard InChI is InChI=1S/C19H16FN3O2/c1-12-3-4-15(22-9-12)7-19(24)18-8-16(5-13(2)23-18)25-17-6-14(20)10-21-11-17/h3-6,8-11H,7H2,1-2H3. The van der Waals surface area contributed by atoms with E-state index >= 15 is 0 Å². The molecule has 3 rings (SSSR count). The maximum absolute atomic E-state index is 13.2. The van der Waals surface area contributed by atoms with Crippen molar-refractivity contribution in [3.8, 4) is 11.5 Å². The zero-order valence-corrected chi connectivity index (χ0v) is 13.9. The number of aryl methyl sites for hydroxylation is 2. The van der Waals surface area contributed by atoms with Crippen LogP contribution in [0.4, 0.5) is 4.39 Å². The Bertz CT molecular complexity index is 911. The summed E-state index contributed by atoms with van der Waals surface area (Å²) in [7, 11) is 0. The zero-order chi connectivity index (χ0) is 17.8. The summed E-state index contributed by atoms with van der Waals surface area (Å²) >= 11 is 0. The molecule has 0 spiro atoms. The largest absolute Gasteiger partial charge is 0.455 e. The molecule has 0 saturated heterocycles. The normalized spacial score (nSPS) is 10.5. The van der Waals surface area contributed by atoms with Gasteiger partial charge >= 0.3 is 0 Å². The van der Waals surface area contributed by atoms with E-state index in [0.717, 1.165) is 11.8 Å². The lowest BCUT2D eigenvalue weighted by Gasteiger charge is -2.08. The molecule has 0 bridgehead atoms. The molecular weight excluding hydrogens is 321 g/mol. The molecule has 3 aromatic heterocycles. The minimum Gasteiger partial charge on any atom is -0.455 e. The van der Waals surface area contributed by atoms with Gasteiger partial charge < -0.3 is 4.74 Å². The van der Waals surface area contributed by atoms with E-state index in [-0.39, 0.29) is 23.6 Å². The van der Waals surface area contributed by atoms with Crippen molar-refractivity contribution in [2.24, 2.45) is 0 Å². The highest BCUT2D eigenvalue weighted by Crippen LogP contribution is 2.23. The van der Waals surface area contributed by atoms with Crippen LogP contribution in [0.2, 0.25) is 0 Å². The highest BCUT2D eigenvalue weighted by molar-refractivity contribution is 5.95. The first kappa shape index (κ1) is 16.7. The molecule has 0 saturated carbocycles. The summed E-state index contributed by atoms with van der Waals surface area (Å²) in [6.07, 6.45) is 4.36. The fourth-order valence-electron chi connectivity index (χ4n) is 2.28. The molecule has 0 fully saturated rings. The van der Waals surface area contributed by atoms with Gasteiger partial charge in [0, 0.05) is 35.8 Å². The molecule has 5 nitrogen and oxygen atoms in total. The van der Waals surface area contributed by atoms with E-state index in [4.69, 9.17) is 4.74 Å². The smallest absolute Gasteiger partial charge is 0.187 e. The maximum Gasteiger partial charge on any atom is 0.187 e. The average Bonchev–Trinajstić information content (AvgIpc) is 2.56. The summed E-state index contributed by atoms with van der Waals surface area (Å²) in [5.74, 6) is -0.00314. The quantitative estimate of drug-likeness (QED) is 0.662. The fraction of sp³-hybridized carbons (Fsp3) is 0.158. The highest BCUT2D eigenvalue weighted by Gasteiger charge is 2.12. The Kier molecular flexibility index (Phi) is 4.79. The minimum absolute atomic E-state index is 0.150. The van der Waals surface area contributed by atoms with Crippen molar-refractivity contribution in [3.05, 3.63) is 77.4 Å². The van der Waals surface area contributed by atoms with Crippen LogP contribution in [0.1, 0.15) is 27.4 Å². The molecule has 0 aliphatic rings. The van der Waals surface area contributed by atoms with E-state index < -0.39 is 5.82 Å². The topological polar surface area (TPSA) is 65.0 Å². The van der Waals surface area contributed by atoms with Crippen LogP contribution in [-0.2, 0) is 6.42 Å². The van der Waals surface area contributed by atoms with Crippen LogP contribution in [0.3, 0.4) is 0 Å². The summed E-state index contributed by atoms with van der Waals surface area (Å²) in [5.41, 5.74) is 2.61. The third kappa shape index (κ3) is 4.44. The van der Waals surface area contributed by atoms with E-state index in [9.17, 15) is 9.18 Å². The molecule has 0 aromatic carbocycles. The van der Waals surface area contributed by atoms with E-state index in [1.54, 1.807) is 19.2 Å². The Morgan fingerprint density at radius 2 is 1.92 bits per heavy atom. The second kappa shape index (κ2) is 7.17. The van der Waals surface area contributed by atoms with Crippen molar-refractivity contribution in [1.82, 2.24) is 15.0 Å². The van der Waals surface area contributed by atoms with Crippen LogP contribution in [-0.4, -0.2) is 20.7 Å². The predicted octanol–water partition coefficient (Wildman–Crippen LogP) is 3.85. The number of ether oxygens (including phenoxy) is 1. The zero-order valence-electron chi connectivity index (χ0n) is 13.9. The van der Waals surface area contributed by atoms with Gasteiger partial charge in [0.15, 0.2) is 5.78 Å². The van der Waals surface area contributed by atoms with Gasteiger partial charge in [-0.05, 0) is 25.5 Å². The lowest BCUT2D eigenvalue weighted by Crippen LogP contribution is -2.08. The molecule has 6 heteroatoms. The van der Waals surface area contributed by atoms with Gasteiger partial charge in [0.25, 0.3) is 0 Å². The third-order valence-corrected chi connectivity index (χ3v) is 3.44. The number of halogens is 1. The molecular formula is C19H16FN3O2. The number of pyridine rings is 3. The van der Waals surface area contributed by atoms with E-state index in [2.05, 4.69) is 15.0 Å². The monoisotopic (exact) mass is 337 g/mol. The van der Waals surface area contributed by atoms with Crippen LogP contribution in [0.15, 0.2) is 48.9 Å². The number of rotatable bonds is 5. The lowest BCUT2D eigenvalue weighted by molar-refractivity contribution is 0.0986. The van der Waals surface area contributed by atoms with Crippen LogP contribution in [0.5, 0.6) is 11.5 Å². The molecule has 0 amide bonds. The summed E-state index contributed by atoms with van der Waals surface area (Å²) in [5, 5.41) is 0. The number of aromatic nitrogens is 3. The summed E-state index contributed by atoms with van der Waals surface area (Å²) < 4.78 is 18.8. The molecule has 126 valence electrons. The first-order valence-corrected chi connectivity index (χ1v) is 7.71. The lowest BCUT2D eigenvalue weighted by atomic mass is 10.1. The summed E-state index contributed by atoms with van der Waals surface area (Å²) in [6, 6.07) is 8.16. The second-order valence-electron chi connectivity index (χ2n) is 5.70. The molecule has 0 aliphatic heterocycles. The van der Waals surface area contributed by atoms with E-state index in [1.807, 2.05) is 19.1 Å². The van der Waals surface area contributed by atoms with Gasteiger partial charge in [0.05, 0.1) is 18.8 Å². The van der Waals surface area contributed by atoms with Gasteiger partial charge in [0.2, 0.25) is 0 Å². The summed E-state index contributed by atoms with van der Waals surface area (Å²) in [6.45, 7) is 3.70. The number of carbonyl (C=O) groups is 1. The molecule has 0 N–H and O–H groups in total. The number of hydrogen-bond acceptors (Lipinski definition) is 5. The number of carbonyl (C=O) groups excluding carboxylic acids is 1. The maximum atomic E-state index is 13.2. The Morgan fingerprint density at radius 3 is 2.64 bits per heavy atom. The highest BCUT2D eigenvalue weighted by atomic mass is 19.1. The van der Waals surface area contributed by atoms with Crippen molar-refractivity contribution in [2.45, 2.75) is 20.3 Å². The van der Waals surface area contributed by atoms with E-state index in [0.29, 0.717) is 17.1 Å².